The van der Waals surface area contributed by atoms with Crippen LogP contribution in [0.2, 0.25) is 0 Å². The number of carboxylic acids is 1. The van der Waals surface area contributed by atoms with Crippen molar-refractivity contribution in [3.05, 3.63) is 33.9 Å². The summed E-state index contributed by atoms with van der Waals surface area (Å²) in [5, 5.41) is 22.2. The number of benzene rings is 1. The van der Waals surface area contributed by atoms with E-state index in [0.717, 1.165) is 0 Å². The van der Waals surface area contributed by atoms with Crippen LogP contribution in [0.1, 0.15) is 18.4 Å². The average molecular weight is 294 g/mol. The Hall–Kier alpha value is -2.48. The number of carboxylic acid groups (broad SMARTS) is 1. The van der Waals surface area contributed by atoms with Gasteiger partial charge in [0.15, 0.2) is 6.10 Å². The second-order valence-electron chi connectivity index (χ2n) is 4.80. The van der Waals surface area contributed by atoms with Crippen molar-refractivity contribution >= 4 is 23.3 Å². The molecule has 112 valence electrons. The molecule has 1 aliphatic heterocycles. The molecule has 1 saturated heterocycles. The van der Waals surface area contributed by atoms with Gasteiger partial charge in [0.2, 0.25) is 0 Å². The summed E-state index contributed by atoms with van der Waals surface area (Å²) >= 11 is 0. The van der Waals surface area contributed by atoms with Crippen molar-refractivity contribution in [3.8, 4) is 0 Å². The molecule has 1 heterocycles. The van der Waals surface area contributed by atoms with E-state index in [4.69, 9.17) is 9.84 Å². The Labute approximate surface area is 119 Å². The van der Waals surface area contributed by atoms with Gasteiger partial charge in [0.25, 0.3) is 11.6 Å². The number of anilines is 1. The molecule has 2 rings (SSSR count). The van der Waals surface area contributed by atoms with Crippen molar-refractivity contribution in [2.24, 2.45) is 0 Å². The van der Waals surface area contributed by atoms with Gasteiger partial charge in [-0.3, -0.25) is 14.9 Å². The Morgan fingerprint density at radius 3 is 2.62 bits per heavy atom. The molecule has 2 atom stereocenters. The lowest BCUT2D eigenvalue weighted by molar-refractivity contribution is -0.384. The Kier molecular flexibility index (Phi) is 4.18. The van der Waals surface area contributed by atoms with E-state index in [2.05, 4.69) is 5.32 Å². The molecule has 0 spiro atoms. The number of rotatable bonds is 4. The van der Waals surface area contributed by atoms with E-state index in [1.165, 1.54) is 12.1 Å². The third kappa shape index (κ3) is 3.34. The van der Waals surface area contributed by atoms with E-state index in [9.17, 15) is 19.7 Å². The van der Waals surface area contributed by atoms with E-state index < -0.39 is 29.0 Å². The molecule has 1 fully saturated rings. The molecule has 0 aromatic heterocycles. The molecular formula is C13H14N2O6. The number of aryl methyl sites for hydroxylation is 1. The predicted molar refractivity (Wildman–Crippen MR) is 72.0 cm³/mol. The van der Waals surface area contributed by atoms with E-state index in [-0.39, 0.29) is 24.2 Å². The van der Waals surface area contributed by atoms with Crippen LogP contribution in [0.3, 0.4) is 0 Å². The van der Waals surface area contributed by atoms with E-state index >= 15 is 0 Å². The number of ether oxygens (including phenoxy) is 1. The number of nitrogens with one attached hydrogen (secondary N) is 1. The number of aliphatic carboxylic acids is 1. The summed E-state index contributed by atoms with van der Waals surface area (Å²) in [4.78, 5) is 33.1. The molecule has 8 heteroatoms. The summed E-state index contributed by atoms with van der Waals surface area (Å²) in [5.74, 6) is -1.70. The number of hydrogen-bond donors (Lipinski definition) is 2. The lowest BCUT2D eigenvalue weighted by Crippen LogP contribution is -2.30. The van der Waals surface area contributed by atoms with Crippen LogP contribution in [0.25, 0.3) is 0 Å². The molecule has 0 bridgehead atoms. The summed E-state index contributed by atoms with van der Waals surface area (Å²) in [5.41, 5.74) is 0.553. The number of nitro benzene ring substituents is 1. The second-order valence-corrected chi connectivity index (χ2v) is 4.80. The van der Waals surface area contributed by atoms with Crippen molar-refractivity contribution in [2.45, 2.75) is 32.0 Å². The minimum Gasteiger partial charge on any atom is -0.479 e. The van der Waals surface area contributed by atoms with Crippen molar-refractivity contribution < 1.29 is 24.4 Å². The predicted octanol–water partition coefficient (Wildman–Crippen LogP) is 1.47. The standard InChI is InChI=1S/C13H14N2O6/c1-7-2-3-8(9(6-7)15(19)20)14-12(16)10-4-5-11(21-10)13(17)18/h2-3,6,10-11H,4-5H2,1H3,(H,14,16)(H,17,18)/t10-,11+/m0/s1. The lowest BCUT2D eigenvalue weighted by Gasteiger charge is -2.12. The Bertz CT molecular complexity index is 600. The average Bonchev–Trinajstić information content (AvgIpc) is 2.90. The van der Waals surface area contributed by atoms with Crippen LogP contribution >= 0.6 is 0 Å². The van der Waals surface area contributed by atoms with Crippen LogP contribution < -0.4 is 5.32 Å². The highest BCUT2D eigenvalue weighted by Gasteiger charge is 2.35. The molecule has 2 N–H and O–H groups in total. The van der Waals surface area contributed by atoms with Gasteiger partial charge in [0, 0.05) is 6.07 Å². The zero-order valence-electron chi connectivity index (χ0n) is 11.2. The minimum absolute atomic E-state index is 0.0676. The van der Waals surface area contributed by atoms with E-state index in [1.54, 1.807) is 13.0 Å². The summed E-state index contributed by atoms with van der Waals surface area (Å²) in [7, 11) is 0. The summed E-state index contributed by atoms with van der Waals surface area (Å²) in [6.07, 6.45) is -1.41. The molecule has 21 heavy (non-hydrogen) atoms. The fraction of sp³-hybridized carbons (Fsp3) is 0.385. The Balaban J connectivity index is 2.10. The fourth-order valence-electron chi connectivity index (χ4n) is 2.12. The fourth-order valence-corrected chi connectivity index (χ4v) is 2.12. The van der Waals surface area contributed by atoms with E-state index in [0.29, 0.717) is 5.56 Å². The van der Waals surface area contributed by atoms with Gasteiger partial charge in [-0.15, -0.1) is 0 Å². The van der Waals surface area contributed by atoms with Crippen LogP contribution in [-0.2, 0) is 14.3 Å². The van der Waals surface area contributed by atoms with Gasteiger partial charge in [-0.1, -0.05) is 6.07 Å². The number of hydrogen-bond acceptors (Lipinski definition) is 5. The third-order valence-electron chi connectivity index (χ3n) is 3.20. The second kappa shape index (κ2) is 5.88. The van der Waals surface area contributed by atoms with Gasteiger partial charge in [-0.2, -0.15) is 0 Å². The summed E-state index contributed by atoms with van der Waals surface area (Å²) in [6, 6.07) is 4.43. The number of nitrogens with zero attached hydrogens (tertiary/aromatic N) is 1. The normalized spacial score (nSPS) is 21.0. The first-order chi connectivity index (χ1) is 9.88. The molecule has 8 nitrogen and oxygen atoms in total. The SMILES string of the molecule is Cc1ccc(NC(=O)[C@@H]2CC[C@H](C(=O)O)O2)c([N+](=O)[O-])c1. The Morgan fingerprint density at radius 1 is 1.38 bits per heavy atom. The highest BCUT2D eigenvalue weighted by molar-refractivity contribution is 5.96. The smallest absolute Gasteiger partial charge is 0.332 e. The summed E-state index contributed by atoms with van der Waals surface area (Å²) < 4.78 is 5.10. The molecule has 1 aromatic carbocycles. The number of amides is 1. The number of nitro groups is 1. The molecule has 0 saturated carbocycles. The van der Waals surface area contributed by atoms with Gasteiger partial charge in [-0.05, 0) is 31.4 Å². The van der Waals surface area contributed by atoms with Crippen molar-refractivity contribution in [1.82, 2.24) is 0 Å². The quantitative estimate of drug-likeness (QED) is 0.641. The van der Waals surface area contributed by atoms with Crippen molar-refractivity contribution in [2.75, 3.05) is 5.32 Å². The zero-order valence-corrected chi connectivity index (χ0v) is 11.2. The zero-order chi connectivity index (χ0) is 15.6. The van der Waals surface area contributed by atoms with Crippen LogP contribution in [-0.4, -0.2) is 34.1 Å². The molecule has 1 aliphatic rings. The largest absolute Gasteiger partial charge is 0.479 e. The first-order valence-corrected chi connectivity index (χ1v) is 6.32. The van der Waals surface area contributed by atoms with Gasteiger partial charge in [-0.25, -0.2) is 4.79 Å². The first-order valence-electron chi connectivity index (χ1n) is 6.32. The first kappa shape index (κ1) is 14.9. The maximum Gasteiger partial charge on any atom is 0.332 e. The molecule has 0 aliphatic carbocycles. The number of carbonyl (C=O) groups excluding carboxylic acids is 1. The van der Waals surface area contributed by atoms with Gasteiger partial charge < -0.3 is 15.2 Å². The molecular weight excluding hydrogens is 280 g/mol. The maximum absolute atomic E-state index is 12.0. The van der Waals surface area contributed by atoms with Crippen LogP contribution in [0.15, 0.2) is 18.2 Å². The van der Waals surface area contributed by atoms with Crippen molar-refractivity contribution in [1.29, 1.82) is 0 Å². The highest BCUT2D eigenvalue weighted by Crippen LogP contribution is 2.27. The minimum atomic E-state index is -1.12. The highest BCUT2D eigenvalue weighted by atomic mass is 16.6. The summed E-state index contributed by atoms with van der Waals surface area (Å²) in [6.45, 7) is 1.70. The van der Waals surface area contributed by atoms with Gasteiger partial charge >= 0.3 is 5.97 Å². The molecule has 1 aromatic rings. The van der Waals surface area contributed by atoms with Crippen LogP contribution in [0.4, 0.5) is 11.4 Å². The lowest BCUT2D eigenvalue weighted by atomic mass is 10.1. The maximum atomic E-state index is 12.0. The third-order valence-corrected chi connectivity index (χ3v) is 3.20. The van der Waals surface area contributed by atoms with Gasteiger partial charge in [0.1, 0.15) is 11.8 Å². The molecule has 0 unspecified atom stereocenters. The Morgan fingerprint density at radius 2 is 2.05 bits per heavy atom. The van der Waals surface area contributed by atoms with Gasteiger partial charge in [0.05, 0.1) is 4.92 Å². The molecule has 1 amide bonds. The monoisotopic (exact) mass is 294 g/mol. The van der Waals surface area contributed by atoms with E-state index in [1.807, 2.05) is 0 Å². The molecule has 0 radical (unpaired) electrons. The van der Waals surface area contributed by atoms with Crippen LogP contribution in [0.5, 0.6) is 0 Å². The van der Waals surface area contributed by atoms with Crippen LogP contribution in [0, 0.1) is 17.0 Å². The topological polar surface area (TPSA) is 119 Å². The van der Waals surface area contributed by atoms with Crippen molar-refractivity contribution in [3.63, 3.8) is 0 Å². The number of carbonyl (C=O) groups is 2.